The van der Waals surface area contributed by atoms with Crippen molar-refractivity contribution >= 4 is 39.0 Å². The lowest BCUT2D eigenvalue weighted by Gasteiger charge is -2.38. The number of hydrogen-bond donors (Lipinski definition) is 1. The fourth-order valence-electron chi connectivity index (χ4n) is 8.84. The van der Waals surface area contributed by atoms with Crippen LogP contribution in [0.2, 0.25) is 0 Å². The Bertz CT molecular complexity index is 1480. The van der Waals surface area contributed by atoms with Gasteiger partial charge in [-0.05, 0) is 66.8 Å². The van der Waals surface area contributed by atoms with Crippen LogP contribution < -0.4 is 5.32 Å². The third-order valence-electron chi connectivity index (χ3n) is 11.5. The smallest absolute Gasteiger partial charge is 0.246 e. The van der Waals surface area contributed by atoms with E-state index in [9.17, 15) is 32.4 Å². The van der Waals surface area contributed by atoms with Gasteiger partial charge < -0.3 is 10.2 Å². The summed E-state index contributed by atoms with van der Waals surface area (Å²) < 4.78 is 24.9. The molecule has 278 valence electrons. The van der Waals surface area contributed by atoms with Crippen LogP contribution in [-0.4, -0.2) is 73.1 Å². The van der Waals surface area contributed by atoms with Gasteiger partial charge in [0.25, 0.3) is 0 Å². The summed E-state index contributed by atoms with van der Waals surface area (Å²) in [4.78, 5) is 71.3. The van der Waals surface area contributed by atoms with Crippen LogP contribution in [0.4, 0.5) is 0 Å². The molecule has 2 aliphatic carbocycles. The van der Waals surface area contributed by atoms with Crippen LogP contribution in [0.15, 0.2) is 30.3 Å². The Morgan fingerprint density at radius 2 is 1.58 bits per heavy atom. The number of likely N-dealkylation sites (tertiary alicyclic amines) is 1. The highest BCUT2D eigenvalue weighted by Crippen LogP contribution is 2.44. The number of carbonyl (C=O) groups is 5. The minimum absolute atomic E-state index is 0.0332. The Labute approximate surface area is 300 Å². The molecule has 2 saturated carbocycles. The zero-order valence-corrected chi connectivity index (χ0v) is 31.9. The van der Waals surface area contributed by atoms with Crippen molar-refractivity contribution < 1.29 is 32.4 Å². The second kappa shape index (κ2) is 17.1. The standard InChI is InChI=1S/C40H60N2O7S/c1-7-15-29(36(45)34(44)22-26(2)27-16-10-8-11-17-27)23-33(43)35-31-21-14-20-30(31)24-42(35)39(47)37(40(3,4)5)41-38(46)32(25-50(6,48)49)28-18-12-9-13-19-28/h8,10-11,16-17,26,28-32,35,37H,7,9,12-15,18-25H2,1-6H3,(H,41,46)/t26-,29+,30?,31?,32-,35+,37-/m1/s1. The molecule has 3 fully saturated rings. The Morgan fingerprint density at radius 3 is 2.18 bits per heavy atom. The molecule has 0 aromatic heterocycles. The van der Waals surface area contributed by atoms with Crippen molar-refractivity contribution in [1.29, 1.82) is 0 Å². The van der Waals surface area contributed by atoms with Crippen LogP contribution in [0.1, 0.15) is 123 Å². The van der Waals surface area contributed by atoms with Crippen LogP contribution in [0.5, 0.6) is 0 Å². The van der Waals surface area contributed by atoms with Crippen molar-refractivity contribution in [3.05, 3.63) is 35.9 Å². The Hall–Kier alpha value is -2.88. The molecule has 3 aliphatic rings. The fourth-order valence-corrected chi connectivity index (χ4v) is 9.92. The van der Waals surface area contributed by atoms with Gasteiger partial charge >= 0.3 is 0 Å². The second-order valence-corrected chi connectivity index (χ2v) is 18.8. The number of rotatable bonds is 16. The summed E-state index contributed by atoms with van der Waals surface area (Å²) in [5.74, 6) is -3.78. The summed E-state index contributed by atoms with van der Waals surface area (Å²) in [6.07, 6.45) is 9.34. The molecule has 1 aromatic rings. The molecule has 1 N–H and O–H groups in total. The summed E-state index contributed by atoms with van der Waals surface area (Å²) >= 11 is 0. The summed E-state index contributed by atoms with van der Waals surface area (Å²) in [5.41, 5.74) is 0.258. The number of nitrogens with one attached hydrogen (secondary N) is 1. The van der Waals surface area contributed by atoms with E-state index in [1.807, 2.05) is 65.0 Å². The maximum atomic E-state index is 14.6. The molecule has 4 rings (SSSR count). The highest BCUT2D eigenvalue weighted by molar-refractivity contribution is 7.90. The number of sulfone groups is 1. The van der Waals surface area contributed by atoms with Crippen molar-refractivity contribution in [2.45, 2.75) is 130 Å². The van der Waals surface area contributed by atoms with Gasteiger partial charge in [-0.3, -0.25) is 24.0 Å². The first-order valence-electron chi connectivity index (χ1n) is 18.9. The minimum Gasteiger partial charge on any atom is -0.344 e. The maximum absolute atomic E-state index is 14.6. The average Bonchev–Trinajstić information content (AvgIpc) is 3.67. The van der Waals surface area contributed by atoms with Crippen LogP contribution in [0.25, 0.3) is 0 Å². The maximum Gasteiger partial charge on any atom is 0.246 e. The number of Topliss-reactive ketones (excluding diaryl/α,β-unsaturated/α-hetero) is 3. The normalized spacial score (nSPS) is 23.8. The summed E-state index contributed by atoms with van der Waals surface area (Å²) in [7, 11) is -3.46. The van der Waals surface area contributed by atoms with E-state index in [1.54, 1.807) is 4.90 Å². The first-order chi connectivity index (χ1) is 23.5. The lowest BCUT2D eigenvalue weighted by Crippen LogP contribution is -2.59. The molecule has 9 nitrogen and oxygen atoms in total. The molecule has 1 aliphatic heterocycles. The van der Waals surface area contributed by atoms with E-state index in [0.717, 1.165) is 63.2 Å². The molecule has 1 saturated heterocycles. The highest BCUT2D eigenvalue weighted by atomic mass is 32.2. The third kappa shape index (κ3) is 10.1. The van der Waals surface area contributed by atoms with Gasteiger partial charge in [-0.15, -0.1) is 0 Å². The molecule has 10 heteroatoms. The lowest BCUT2D eigenvalue weighted by molar-refractivity contribution is -0.146. The molecule has 1 aromatic carbocycles. The first-order valence-corrected chi connectivity index (χ1v) is 21.0. The zero-order chi connectivity index (χ0) is 36.8. The van der Waals surface area contributed by atoms with E-state index in [1.165, 1.54) is 0 Å². The predicted molar refractivity (Wildman–Crippen MR) is 195 cm³/mol. The molecule has 0 radical (unpaired) electrons. The molecular formula is C40H60N2O7S. The van der Waals surface area contributed by atoms with Gasteiger partial charge in [-0.1, -0.05) is 97.1 Å². The largest absolute Gasteiger partial charge is 0.344 e. The van der Waals surface area contributed by atoms with Gasteiger partial charge in [-0.2, -0.15) is 0 Å². The van der Waals surface area contributed by atoms with Gasteiger partial charge in [0.2, 0.25) is 17.6 Å². The number of benzene rings is 1. The van der Waals surface area contributed by atoms with E-state index in [0.29, 0.717) is 19.4 Å². The Morgan fingerprint density at radius 1 is 0.920 bits per heavy atom. The molecular weight excluding hydrogens is 653 g/mol. The van der Waals surface area contributed by atoms with Gasteiger partial charge in [0.1, 0.15) is 15.9 Å². The SMILES string of the molecule is CCC[C@@H](CC(=O)[C@@H]1C2CCCC2CN1C(=O)[C@@H](NC(=O)[C@H](CS(C)(=O)=O)C1CCCCC1)C(C)(C)C)C(=O)C(=O)C[C@@H](C)c1ccccc1. The lowest BCUT2D eigenvalue weighted by atomic mass is 9.79. The van der Waals surface area contributed by atoms with Crippen molar-refractivity contribution in [2.75, 3.05) is 18.6 Å². The van der Waals surface area contributed by atoms with E-state index < -0.39 is 56.6 Å². The first kappa shape index (κ1) is 39.9. The van der Waals surface area contributed by atoms with Crippen molar-refractivity contribution in [1.82, 2.24) is 10.2 Å². The van der Waals surface area contributed by atoms with E-state index >= 15 is 0 Å². The van der Waals surface area contributed by atoms with Crippen LogP contribution >= 0.6 is 0 Å². The van der Waals surface area contributed by atoms with Crippen molar-refractivity contribution in [3.63, 3.8) is 0 Å². The van der Waals surface area contributed by atoms with Crippen LogP contribution in [0.3, 0.4) is 0 Å². The van der Waals surface area contributed by atoms with Crippen LogP contribution in [-0.2, 0) is 33.8 Å². The quantitative estimate of drug-likeness (QED) is 0.205. The average molecular weight is 713 g/mol. The van der Waals surface area contributed by atoms with Crippen molar-refractivity contribution in [2.24, 2.45) is 35.0 Å². The van der Waals surface area contributed by atoms with Crippen LogP contribution in [0, 0.1) is 35.0 Å². The second-order valence-electron chi connectivity index (χ2n) is 16.7. The molecule has 1 heterocycles. The minimum atomic E-state index is -3.46. The summed E-state index contributed by atoms with van der Waals surface area (Å²) in [5, 5.41) is 3.00. The van der Waals surface area contributed by atoms with Gasteiger partial charge in [0.05, 0.1) is 17.7 Å². The van der Waals surface area contributed by atoms with Gasteiger partial charge in [0.15, 0.2) is 11.6 Å². The zero-order valence-electron chi connectivity index (χ0n) is 31.1. The Balaban J connectivity index is 1.54. The topological polar surface area (TPSA) is 135 Å². The molecule has 7 atom stereocenters. The van der Waals surface area contributed by atoms with Crippen molar-refractivity contribution in [3.8, 4) is 0 Å². The Kier molecular flexibility index (Phi) is 13.6. The highest BCUT2D eigenvalue weighted by Gasteiger charge is 2.52. The number of nitrogens with zero attached hydrogens (tertiary/aromatic N) is 1. The molecule has 0 bridgehead atoms. The molecule has 2 amide bonds. The number of carbonyl (C=O) groups excluding carboxylic acids is 5. The fraction of sp³-hybridized carbons (Fsp3) is 0.725. The van der Waals surface area contributed by atoms with E-state index in [-0.39, 0.29) is 54.0 Å². The summed E-state index contributed by atoms with van der Waals surface area (Å²) in [6.45, 7) is 9.86. The monoisotopic (exact) mass is 712 g/mol. The number of amides is 2. The molecule has 2 unspecified atom stereocenters. The van der Waals surface area contributed by atoms with Gasteiger partial charge in [0, 0.05) is 31.6 Å². The third-order valence-corrected chi connectivity index (χ3v) is 12.5. The predicted octanol–water partition coefficient (Wildman–Crippen LogP) is 6.09. The molecule has 0 spiro atoms. The van der Waals surface area contributed by atoms with E-state index in [2.05, 4.69) is 5.32 Å². The summed E-state index contributed by atoms with van der Waals surface area (Å²) in [6, 6.07) is 7.89. The van der Waals surface area contributed by atoms with Gasteiger partial charge in [-0.25, -0.2) is 8.42 Å². The number of fused-ring (bicyclic) bond motifs is 1. The molecule has 50 heavy (non-hydrogen) atoms. The number of hydrogen-bond acceptors (Lipinski definition) is 7. The number of ketones is 3. The van der Waals surface area contributed by atoms with E-state index in [4.69, 9.17) is 0 Å².